The summed E-state index contributed by atoms with van der Waals surface area (Å²) in [4.78, 5) is 1.06. The van der Waals surface area contributed by atoms with E-state index in [1.165, 1.54) is 11.8 Å². The lowest BCUT2D eigenvalue weighted by atomic mass is 10.2. The van der Waals surface area contributed by atoms with Crippen LogP contribution in [0.2, 0.25) is 19.6 Å². The third-order valence-corrected chi connectivity index (χ3v) is 4.40. The van der Waals surface area contributed by atoms with Gasteiger partial charge in [0.2, 0.25) is 0 Å². The lowest BCUT2D eigenvalue weighted by molar-refractivity contribution is 1.38. The van der Waals surface area contributed by atoms with Crippen LogP contribution in [-0.4, -0.2) is 8.07 Å². The second kappa shape index (κ2) is 5.59. The second-order valence-corrected chi connectivity index (χ2v) is 10.8. The first-order chi connectivity index (χ1) is 7.42. The molecule has 1 rings (SSSR count). The predicted molar refractivity (Wildman–Crippen MR) is 75.8 cm³/mol. The van der Waals surface area contributed by atoms with Crippen LogP contribution in [-0.2, 0) is 0 Å². The van der Waals surface area contributed by atoms with Crippen molar-refractivity contribution < 1.29 is 0 Å². The number of hydrogen-bond acceptors (Lipinski definition) is 2. The minimum Gasteiger partial charge on any atom is -0.192 e. The second-order valence-electron chi connectivity index (χ2n) is 4.34. The van der Waals surface area contributed by atoms with Crippen molar-refractivity contribution in [2.24, 2.45) is 0 Å². The van der Waals surface area contributed by atoms with E-state index in [9.17, 15) is 0 Å². The van der Waals surface area contributed by atoms with Crippen molar-refractivity contribution in [3.05, 3.63) is 28.2 Å². The Balaban J connectivity index is 2.83. The van der Waals surface area contributed by atoms with Gasteiger partial charge in [-0.25, -0.2) is 0 Å². The number of halogens is 1. The zero-order valence-electron chi connectivity index (χ0n) is 9.47. The van der Waals surface area contributed by atoms with E-state index in [2.05, 4.69) is 52.4 Å². The third kappa shape index (κ3) is 4.45. The SMILES string of the molecule is C[Si](C)(C)C#CSc1ccc(C#N)cc1Br. The molecule has 1 aromatic carbocycles. The lowest BCUT2D eigenvalue weighted by Crippen LogP contribution is -2.15. The van der Waals surface area contributed by atoms with Crippen molar-refractivity contribution in [1.29, 1.82) is 5.26 Å². The fraction of sp³-hybridized carbons (Fsp3) is 0.250. The summed E-state index contributed by atoms with van der Waals surface area (Å²) in [6, 6.07) is 7.66. The molecule has 0 bridgehead atoms. The Hall–Kier alpha value is -0.683. The van der Waals surface area contributed by atoms with E-state index in [1.54, 1.807) is 0 Å². The van der Waals surface area contributed by atoms with Crippen LogP contribution in [0.4, 0.5) is 0 Å². The van der Waals surface area contributed by atoms with Crippen molar-refractivity contribution in [2.75, 3.05) is 0 Å². The van der Waals surface area contributed by atoms with Gasteiger partial charge >= 0.3 is 0 Å². The zero-order chi connectivity index (χ0) is 12.2. The van der Waals surface area contributed by atoms with Gasteiger partial charge in [0.25, 0.3) is 0 Å². The van der Waals surface area contributed by atoms with Gasteiger partial charge in [-0.3, -0.25) is 0 Å². The van der Waals surface area contributed by atoms with Gasteiger partial charge in [-0.15, -0.1) is 5.54 Å². The van der Waals surface area contributed by atoms with Gasteiger partial charge in [0, 0.05) is 9.37 Å². The van der Waals surface area contributed by atoms with Crippen LogP contribution in [0.1, 0.15) is 5.56 Å². The maximum absolute atomic E-state index is 8.74. The molecule has 16 heavy (non-hydrogen) atoms. The van der Waals surface area contributed by atoms with E-state index in [-0.39, 0.29) is 0 Å². The molecule has 0 amide bonds. The molecule has 0 aliphatic rings. The van der Waals surface area contributed by atoms with Crippen molar-refractivity contribution in [1.82, 2.24) is 0 Å². The molecular weight excluding hydrogens is 298 g/mol. The summed E-state index contributed by atoms with van der Waals surface area (Å²) in [5.41, 5.74) is 3.95. The molecule has 0 radical (unpaired) electrons. The predicted octanol–water partition coefficient (Wildman–Crippen LogP) is 4.25. The molecule has 0 aliphatic carbocycles. The summed E-state index contributed by atoms with van der Waals surface area (Å²) >= 11 is 4.95. The van der Waals surface area contributed by atoms with Crippen LogP contribution < -0.4 is 0 Å². The van der Waals surface area contributed by atoms with Crippen LogP contribution in [0.5, 0.6) is 0 Å². The highest BCUT2D eigenvalue weighted by atomic mass is 79.9. The smallest absolute Gasteiger partial charge is 0.130 e. The van der Waals surface area contributed by atoms with Gasteiger partial charge in [0.1, 0.15) is 8.07 Å². The standard InChI is InChI=1S/C12H12BrNSSi/c1-16(2,3)7-6-15-12-5-4-10(9-14)8-11(12)13/h4-5,8H,1-3H3. The number of rotatable bonds is 1. The Bertz CT molecular complexity index is 488. The van der Waals surface area contributed by atoms with E-state index in [4.69, 9.17) is 5.26 Å². The molecule has 1 nitrogen and oxygen atoms in total. The molecule has 1 aromatic rings. The summed E-state index contributed by atoms with van der Waals surface area (Å²) in [6.45, 7) is 6.65. The average Bonchev–Trinajstić information content (AvgIpc) is 2.18. The number of thioether (sulfide) groups is 1. The van der Waals surface area contributed by atoms with Gasteiger partial charge in [-0.05, 0) is 51.1 Å². The van der Waals surface area contributed by atoms with Gasteiger partial charge < -0.3 is 0 Å². The van der Waals surface area contributed by atoms with Gasteiger partial charge in [0.15, 0.2) is 0 Å². The molecule has 0 N–H and O–H groups in total. The maximum Gasteiger partial charge on any atom is 0.130 e. The van der Waals surface area contributed by atoms with Crippen molar-refractivity contribution >= 4 is 35.8 Å². The Labute approximate surface area is 110 Å². The van der Waals surface area contributed by atoms with Gasteiger partial charge in [-0.1, -0.05) is 19.6 Å². The molecular formula is C12H12BrNSSi. The molecule has 0 aromatic heterocycles. The molecule has 0 fully saturated rings. The Morgan fingerprint density at radius 1 is 1.31 bits per heavy atom. The molecule has 0 saturated heterocycles. The van der Waals surface area contributed by atoms with Crippen LogP contribution in [0.25, 0.3) is 0 Å². The average molecular weight is 310 g/mol. The molecule has 0 saturated carbocycles. The number of nitrogens with zero attached hydrogens (tertiary/aromatic N) is 1. The van der Waals surface area contributed by atoms with Gasteiger partial charge in [-0.2, -0.15) is 5.26 Å². The fourth-order valence-corrected chi connectivity index (χ4v) is 3.34. The Kier molecular flexibility index (Phi) is 4.67. The highest BCUT2D eigenvalue weighted by molar-refractivity contribution is 9.10. The van der Waals surface area contributed by atoms with Crippen LogP contribution in [0.3, 0.4) is 0 Å². The first-order valence-electron chi connectivity index (χ1n) is 4.81. The Morgan fingerprint density at radius 2 is 2.00 bits per heavy atom. The van der Waals surface area contributed by atoms with Crippen LogP contribution in [0, 0.1) is 22.1 Å². The van der Waals surface area contributed by atoms with Crippen LogP contribution in [0.15, 0.2) is 27.6 Å². The lowest BCUT2D eigenvalue weighted by Gasteiger charge is -2.03. The van der Waals surface area contributed by atoms with E-state index in [0.29, 0.717) is 5.56 Å². The number of hydrogen-bond donors (Lipinski definition) is 0. The molecule has 0 heterocycles. The van der Waals surface area contributed by atoms with E-state index in [1.807, 2.05) is 18.2 Å². The highest BCUT2D eigenvalue weighted by Crippen LogP contribution is 2.27. The quantitative estimate of drug-likeness (QED) is 0.440. The minimum atomic E-state index is -1.30. The Morgan fingerprint density at radius 3 is 2.50 bits per heavy atom. The monoisotopic (exact) mass is 309 g/mol. The molecule has 4 heteroatoms. The van der Waals surface area contributed by atoms with E-state index in [0.717, 1.165) is 9.37 Å². The first kappa shape index (κ1) is 13.4. The van der Waals surface area contributed by atoms with Crippen molar-refractivity contribution in [3.63, 3.8) is 0 Å². The number of benzene rings is 1. The summed E-state index contributed by atoms with van der Waals surface area (Å²) in [5, 5.41) is 11.9. The summed E-state index contributed by atoms with van der Waals surface area (Å²) in [6.07, 6.45) is 0. The number of nitriles is 1. The van der Waals surface area contributed by atoms with E-state index < -0.39 is 8.07 Å². The molecule has 0 unspecified atom stereocenters. The summed E-state index contributed by atoms with van der Waals surface area (Å²) in [5.74, 6) is 0. The van der Waals surface area contributed by atoms with Gasteiger partial charge in [0.05, 0.1) is 11.6 Å². The van der Waals surface area contributed by atoms with E-state index >= 15 is 0 Å². The summed E-state index contributed by atoms with van der Waals surface area (Å²) < 4.78 is 0.932. The maximum atomic E-state index is 8.74. The van der Waals surface area contributed by atoms with Crippen LogP contribution >= 0.6 is 27.7 Å². The normalized spacial score (nSPS) is 10.2. The zero-order valence-corrected chi connectivity index (χ0v) is 12.9. The van der Waals surface area contributed by atoms with Crippen molar-refractivity contribution in [3.8, 4) is 16.9 Å². The summed E-state index contributed by atoms with van der Waals surface area (Å²) in [7, 11) is -1.30. The molecule has 0 spiro atoms. The molecule has 0 aliphatic heterocycles. The highest BCUT2D eigenvalue weighted by Gasteiger charge is 2.07. The fourth-order valence-electron chi connectivity index (χ4n) is 0.887. The van der Waals surface area contributed by atoms with Crippen molar-refractivity contribution in [2.45, 2.75) is 24.5 Å². The largest absolute Gasteiger partial charge is 0.192 e. The first-order valence-corrected chi connectivity index (χ1v) is 9.92. The third-order valence-electron chi connectivity index (χ3n) is 1.65. The molecule has 0 atom stereocenters. The topological polar surface area (TPSA) is 23.8 Å². The minimum absolute atomic E-state index is 0.661. The molecule has 82 valence electrons.